The standard InChI is InChI=1S/C40H51F3N4O5Si/c1-8-28-30(42)11-10-25-18-27(51-24-48-5)19-29(33(25)28)36-35(43)37-34-31(20-32(44-37)50-23-40-12-9-13-47(40)22-26(41)21-40)46(14-16-49-38(34)45-36)15-17-52-53(6,7)39(2,3)4/h10-11,18-20,26H,8-9,12-17,21-24H2,1-7H3/t26-,40+/m1/s1. The molecule has 2 aromatic carbocycles. The predicted molar refractivity (Wildman–Crippen MR) is 204 cm³/mol. The highest BCUT2D eigenvalue weighted by molar-refractivity contribution is 6.74. The minimum atomic E-state index is -2.04. The highest BCUT2D eigenvalue weighted by Crippen LogP contribution is 2.45. The second-order valence-corrected chi connectivity index (χ2v) is 20.9. The lowest BCUT2D eigenvalue weighted by molar-refractivity contribution is 0.0512. The van der Waals surface area contributed by atoms with E-state index in [-0.39, 0.29) is 48.0 Å². The van der Waals surface area contributed by atoms with E-state index in [4.69, 9.17) is 33.3 Å². The monoisotopic (exact) mass is 752 g/mol. The molecular weight excluding hydrogens is 702 g/mol. The van der Waals surface area contributed by atoms with Crippen molar-refractivity contribution in [2.75, 3.05) is 64.8 Å². The van der Waals surface area contributed by atoms with E-state index in [9.17, 15) is 4.39 Å². The van der Waals surface area contributed by atoms with E-state index in [1.165, 1.54) is 13.2 Å². The lowest BCUT2D eigenvalue weighted by Crippen LogP contribution is -2.43. The van der Waals surface area contributed by atoms with Gasteiger partial charge in [-0.1, -0.05) is 33.8 Å². The maximum Gasteiger partial charge on any atom is 0.225 e. The van der Waals surface area contributed by atoms with Gasteiger partial charge in [0, 0.05) is 38.2 Å². The van der Waals surface area contributed by atoms with Crippen LogP contribution in [0.5, 0.6) is 17.5 Å². The van der Waals surface area contributed by atoms with E-state index >= 15 is 8.78 Å². The van der Waals surface area contributed by atoms with Gasteiger partial charge in [0.1, 0.15) is 42.2 Å². The molecule has 0 aliphatic carbocycles. The summed E-state index contributed by atoms with van der Waals surface area (Å²) in [7, 11) is -0.529. The van der Waals surface area contributed by atoms with Crippen molar-refractivity contribution in [3.05, 3.63) is 47.5 Å². The highest BCUT2D eigenvalue weighted by Gasteiger charge is 2.49. The quantitative estimate of drug-likeness (QED) is 0.105. The number of halogens is 3. The fraction of sp³-hybridized carbons (Fsp3) is 0.550. The topological polar surface area (TPSA) is 78.4 Å². The summed E-state index contributed by atoms with van der Waals surface area (Å²) in [5, 5.41) is 1.66. The predicted octanol–water partition coefficient (Wildman–Crippen LogP) is 8.45. The van der Waals surface area contributed by atoms with Crippen LogP contribution in [0.2, 0.25) is 18.1 Å². The number of nitrogens with zero attached hydrogens (tertiary/aromatic N) is 4. The van der Waals surface area contributed by atoms with Gasteiger partial charge >= 0.3 is 0 Å². The van der Waals surface area contributed by atoms with E-state index in [1.54, 1.807) is 18.2 Å². The zero-order valence-corrected chi connectivity index (χ0v) is 32.9. The van der Waals surface area contributed by atoms with Gasteiger partial charge in [-0.05, 0) is 78.5 Å². The number of aromatic nitrogens is 2. The van der Waals surface area contributed by atoms with Gasteiger partial charge in [0.2, 0.25) is 11.8 Å². The van der Waals surface area contributed by atoms with Crippen LogP contribution in [0.1, 0.15) is 52.5 Å². The molecule has 13 heteroatoms. The Kier molecular flexibility index (Phi) is 10.3. The first kappa shape index (κ1) is 37.7. The Bertz CT molecular complexity index is 2010. The van der Waals surface area contributed by atoms with Crippen LogP contribution < -0.4 is 19.1 Å². The summed E-state index contributed by atoms with van der Waals surface area (Å²) < 4.78 is 77.7. The average molecular weight is 753 g/mol. The first-order valence-electron chi connectivity index (χ1n) is 18.7. The summed E-state index contributed by atoms with van der Waals surface area (Å²) in [6, 6.07) is 8.33. The smallest absolute Gasteiger partial charge is 0.225 e. The Labute approximate surface area is 310 Å². The Morgan fingerprint density at radius 2 is 1.87 bits per heavy atom. The molecule has 0 unspecified atom stereocenters. The van der Waals surface area contributed by atoms with E-state index in [0.717, 1.165) is 19.4 Å². The van der Waals surface area contributed by atoms with E-state index in [0.29, 0.717) is 77.8 Å². The number of fused-ring (bicyclic) bond motifs is 2. The van der Waals surface area contributed by atoms with Crippen LogP contribution in [-0.4, -0.2) is 94.8 Å². The molecule has 286 valence electrons. The molecule has 0 saturated carbocycles. The zero-order chi connectivity index (χ0) is 37.7. The number of aryl methyl sites for hydroxylation is 1. The Morgan fingerprint density at radius 3 is 2.62 bits per heavy atom. The molecule has 0 spiro atoms. The molecule has 0 radical (unpaired) electrons. The van der Waals surface area contributed by atoms with Crippen molar-refractivity contribution in [3.8, 4) is 28.8 Å². The number of hydrogen-bond acceptors (Lipinski definition) is 9. The number of pyridine rings is 2. The third kappa shape index (κ3) is 7.05. The molecule has 2 aromatic heterocycles. The Balaban J connectivity index is 1.38. The molecule has 2 fully saturated rings. The third-order valence-corrected chi connectivity index (χ3v) is 16.3. The summed E-state index contributed by atoms with van der Waals surface area (Å²) in [5.41, 5.74) is 1.03. The van der Waals surface area contributed by atoms with Crippen LogP contribution >= 0.6 is 0 Å². The van der Waals surface area contributed by atoms with Gasteiger partial charge in [0.15, 0.2) is 20.9 Å². The number of benzene rings is 2. The van der Waals surface area contributed by atoms with Crippen molar-refractivity contribution in [1.29, 1.82) is 0 Å². The molecule has 2 saturated heterocycles. The number of hydrogen-bond donors (Lipinski definition) is 0. The number of rotatable bonds is 12. The minimum absolute atomic E-state index is 0.0242. The van der Waals surface area contributed by atoms with Gasteiger partial charge in [0.05, 0.1) is 29.8 Å². The molecule has 4 aromatic rings. The number of anilines is 1. The van der Waals surface area contributed by atoms with Crippen LogP contribution in [-0.2, 0) is 15.6 Å². The van der Waals surface area contributed by atoms with Crippen molar-refractivity contribution in [2.24, 2.45) is 0 Å². The maximum absolute atomic E-state index is 17.4. The maximum atomic E-state index is 17.4. The molecule has 3 aliphatic rings. The van der Waals surface area contributed by atoms with Crippen molar-refractivity contribution in [2.45, 2.75) is 83.2 Å². The second-order valence-electron chi connectivity index (χ2n) is 16.1. The first-order valence-corrected chi connectivity index (χ1v) is 21.6. The van der Waals surface area contributed by atoms with Crippen LogP contribution in [0.15, 0.2) is 30.3 Å². The molecule has 3 aliphatic heterocycles. The van der Waals surface area contributed by atoms with Crippen LogP contribution in [0.25, 0.3) is 32.9 Å². The van der Waals surface area contributed by atoms with Crippen LogP contribution in [0.4, 0.5) is 18.9 Å². The third-order valence-electron chi connectivity index (χ3n) is 11.7. The fourth-order valence-corrected chi connectivity index (χ4v) is 8.96. The fourth-order valence-electron chi connectivity index (χ4n) is 7.92. The highest BCUT2D eigenvalue weighted by atomic mass is 28.4. The Morgan fingerprint density at radius 1 is 1.06 bits per heavy atom. The molecule has 9 nitrogen and oxygen atoms in total. The number of alkyl halides is 1. The van der Waals surface area contributed by atoms with Crippen molar-refractivity contribution >= 4 is 35.7 Å². The molecule has 0 amide bonds. The van der Waals surface area contributed by atoms with Gasteiger partial charge in [-0.2, -0.15) is 0 Å². The summed E-state index contributed by atoms with van der Waals surface area (Å²) in [6.07, 6.45) is 1.66. The second kappa shape index (κ2) is 14.5. The van der Waals surface area contributed by atoms with Gasteiger partial charge in [-0.15, -0.1) is 0 Å². The van der Waals surface area contributed by atoms with Gasteiger partial charge < -0.3 is 28.3 Å². The normalized spacial score (nSPS) is 20.6. The molecule has 53 heavy (non-hydrogen) atoms. The molecule has 2 atom stereocenters. The van der Waals surface area contributed by atoms with Crippen molar-refractivity contribution in [3.63, 3.8) is 0 Å². The molecule has 0 N–H and O–H groups in total. The van der Waals surface area contributed by atoms with Gasteiger partial charge in [-0.25, -0.2) is 23.1 Å². The summed E-state index contributed by atoms with van der Waals surface area (Å²) in [6.45, 7) is 16.1. The molecule has 5 heterocycles. The molecular formula is C40H51F3N4O5Si. The minimum Gasteiger partial charge on any atom is -0.476 e. The van der Waals surface area contributed by atoms with Gasteiger partial charge in [-0.3, -0.25) is 4.90 Å². The largest absolute Gasteiger partial charge is 0.476 e. The van der Waals surface area contributed by atoms with Crippen LogP contribution in [0.3, 0.4) is 0 Å². The SMILES string of the molecule is CCc1c(F)ccc2cc(OCOC)cc(-c3nc4c5c(cc(OC[C@@]67CCCN6C[C@H](F)C7)nc5c3F)N(CCO[Si](C)(C)C(C)(C)C)CCO4)c12. The van der Waals surface area contributed by atoms with E-state index in [1.807, 2.05) is 13.0 Å². The lowest BCUT2D eigenvalue weighted by atomic mass is 9.94. The van der Waals surface area contributed by atoms with Crippen molar-refractivity contribution in [1.82, 2.24) is 14.9 Å². The average Bonchev–Trinajstić information content (AvgIpc) is 3.58. The Hall–Kier alpha value is -3.65. The summed E-state index contributed by atoms with van der Waals surface area (Å²) in [4.78, 5) is 13.9. The molecule has 0 bridgehead atoms. The first-order chi connectivity index (χ1) is 25.2. The summed E-state index contributed by atoms with van der Waals surface area (Å²) >= 11 is 0. The number of methoxy groups -OCH3 is 1. The van der Waals surface area contributed by atoms with E-state index in [2.05, 4.69) is 43.7 Å². The summed E-state index contributed by atoms with van der Waals surface area (Å²) in [5.74, 6) is -0.215. The van der Waals surface area contributed by atoms with Crippen LogP contribution in [0, 0.1) is 11.6 Å². The zero-order valence-electron chi connectivity index (χ0n) is 31.9. The number of ether oxygens (including phenoxy) is 4. The van der Waals surface area contributed by atoms with Crippen molar-refractivity contribution < 1.29 is 36.5 Å². The molecule has 7 rings (SSSR count). The lowest BCUT2D eigenvalue weighted by Gasteiger charge is -2.37. The van der Waals surface area contributed by atoms with E-state index < -0.39 is 31.7 Å². The van der Waals surface area contributed by atoms with Gasteiger partial charge in [0.25, 0.3) is 0 Å².